The summed E-state index contributed by atoms with van der Waals surface area (Å²) in [4.78, 5) is 0. The molecule has 0 spiro atoms. The second kappa shape index (κ2) is 5.45. The monoisotopic (exact) mass is 270 g/mol. The van der Waals surface area contributed by atoms with Gasteiger partial charge >= 0.3 is 0 Å². The lowest BCUT2D eigenvalue weighted by atomic mass is 10.1. The van der Waals surface area contributed by atoms with Crippen molar-refractivity contribution in [2.45, 2.75) is 19.8 Å². The van der Waals surface area contributed by atoms with Crippen LogP contribution in [0.1, 0.15) is 16.7 Å². The van der Waals surface area contributed by atoms with E-state index in [9.17, 15) is 5.11 Å². The molecule has 3 nitrogen and oxygen atoms in total. The predicted molar refractivity (Wildman–Crippen MR) is 77.7 cm³/mol. The highest BCUT2D eigenvalue weighted by atomic mass is 16.5. The molecule has 0 aliphatic carbocycles. The van der Waals surface area contributed by atoms with Gasteiger partial charge in [-0.3, -0.25) is 0 Å². The maximum atomic E-state index is 9.52. The number of hydrogen-bond donors (Lipinski definition) is 1. The number of aromatic hydroxyl groups is 1. The summed E-state index contributed by atoms with van der Waals surface area (Å²) in [6, 6.07) is 11.6. The van der Waals surface area contributed by atoms with E-state index in [1.165, 1.54) is 11.1 Å². The molecule has 0 aromatic heterocycles. The van der Waals surface area contributed by atoms with Crippen LogP contribution in [0.3, 0.4) is 0 Å². The van der Waals surface area contributed by atoms with Crippen molar-refractivity contribution in [3.05, 3.63) is 53.1 Å². The van der Waals surface area contributed by atoms with Crippen LogP contribution in [0.15, 0.2) is 36.4 Å². The van der Waals surface area contributed by atoms with Crippen molar-refractivity contribution in [3.8, 4) is 17.2 Å². The fourth-order valence-electron chi connectivity index (χ4n) is 2.49. The molecule has 1 N–H and O–H groups in total. The number of phenols is 1. The number of benzene rings is 2. The summed E-state index contributed by atoms with van der Waals surface area (Å²) >= 11 is 0. The van der Waals surface area contributed by atoms with Gasteiger partial charge in [0, 0.05) is 18.9 Å². The third-order valence-corrected chi connectivity index (χ3v) is 3.45. The van der Waals surface area contributed by atoms with Gasteiger partial charge in [0.05, 0.1) is 13.2 Å². The van der Waals surface area contributed by atoms with Gasteiger partial charge in [-0.15, -0.1) is 0 Å². The standard InChI is InChI=1S/C17H18O3/c1-12-8-15(18)11-16(9-12)19-6-4-13-2-3-17-14(10-13)5-7-20-17/h2-3,8-11,18H,4-7H2,1H3. The lowest BCUT2D eigenvalue weighted by molar-refractivity contribution is 0.319. The summed E-state index contributed by atoms with van der Waals surface area (Å²) in [5.41, 5.74) is 3.54. The molecule has 1 aliphatic heterocycles. The van der Waals surface area contributed by atoms with Crippen LogP contribution < -0.4 is 9.47 Å². The first-order valence-electron chi connectivity index (χ1n) is 6.89. The van der Waals surface area contributed by atoms with E-state index >= 15 is 0 Å². The zero-order chi connectivity index (χ0) is 13.9. The van der Waals surface area contributed by atoms with Gasteiger partial charge in [0.1, 0.15) is 17.2 Å². The average molecular weight is 270 g/mol. The van der Waals surface area contributed by atoms with Gasteiger partial charge in [0.2, 0.25) is 0 Å². The number of phenolic OH excluding ortho intramolecular Hbond substituents is 1. The highest BCUT2D eigenvalue weighted by Gasteiger charge is 2.11. The molecule has 1 heterocycles. The number of fused-ring (bicyclic) bond motifs is 1. The molecule has 2 aromatic rings. The van der Waals surface area contributed by atoms with Gasteiger partial charge in [-0.25, -0.2) is 0 Å². The van der Waals surface area contributed by atoms with Crippen molar-refractivity contribution in [1.29, 1.82) is 0 Å². The predicted octanol–water partition coefficient (Wildman–Crippen LogP) is 3.26. The Bertz CT molecular complexity index is 599. The zero-order valence-corrected chi connectivity index (χ0v) is 11.6. The number of ether oxygens (including phenoxy) is 2. The Morgan fingerprint density at radius 3 is 2.95 bits per heavy atom. The lowest BCUT2D eigenvalue weighted by Gasteiger charge is -2.08. The van der Waals surface area contributed by atoms with Crippen LogP contribution in [0.25, 0.3) is 0 Å². The molecule has 0 saturated carbocycles. The molecule has 104 valence electrons. The molecule has 20 heavy (non-hydrogen) atoms. The molecule has 2 aromatic carbocycles. The van der Waals surface area contributed by atoms with E-state index < -0.39 is 0 Å². The van der Waals surface area contributed by atoms with Gasteiger partial charge in [0.25, 0.3) is 0 Å². The summed E-state index contributed by atoms with van der Waals surface area (Å²) in [6.07, 6.45) is 1.85. The fourth-order valence-corrected chi connectivity index (χ4v) is 2.49. The maximum absolute atomic E-state index is 9.52. The smallest absolute Gasteiger partial charge is 0.123 e. The van der Waals surface area contributed by atoms with E-state index in [0.717, 1.165) is 30.8 Å². The normalized spacial score (nSPS) is 12.8. The Balaban J connectivity index is 1.59. The van der Waals surface area contributed by atoms with Gasteiger partial charge < -0.3 is 14.6 Å². The van der Waals surface area contributed by atoms with Crippen molar-refractivity contribution in [2.75, 3.05) is 13.2 Å². The first-order chi connectivity index (χ1) is 9.70. The summed E-state index contributed by atoms with van der Waals surface area (Å²) in [5, 5.41) is 9.52. The molecule has 3 heteroatoms. The minimum Gasteiger partial charge on any atom is -0.508 e. The Kier molecular flexibility index (Phi) is 3.50. The second-order valence-electron chi connectivity index (χ2n) is 5.14. The van der Waals surface area contributed by atoms with Crippen molar-refractivity contribution in [1.82, 2.24) is 0 Å². The van der Waals surface area contributed by atoms with Crippen LogP contribution in [0.5, 0.6) is 17.2 Å². The molecule has 0 unspecified atom stereocenters. The second-order valence-corrected chi connectivity index (χ2v) is 5.14. The molecule has 1 aliphatic rings. The van der Waals surface area contributed by atoms with E-state index in [0.29, 0.717) is 12.4 Å². The van der Waals surface area contributed by atoms with Crippen LogP contribution >= 0.6 is 0 Å². The van der Waals surface area contributed by atoms with Crippen molar-refractivity contribution < 1.29 is 14.6 Å². The van der Waals surface area contributed by atoms with E-state index in [-0.39, 0.29) is 5.75 Å². The summed E-state index contributed by atoms with van der Waals surface area (Å²) in [5.74, 6) is 1.97. The first kappa shape index (κ1) is 12.9. The molecule has 0 fully saturated rings. The molecule has 0 saturated heterocycles. The summed E-state index contributed by atoms with van der Waals surface area (Å²) < 4.78 is 11.2. The van der Waals surface area contributed by atoms with Crippen molar-refractivity contribution in [3.63, 3.8) is 0 Å². The highest BCUT2D eigenvalue weighted by Crippen LogP contribution is 2.26. The minimum atomic E-state index is 0.245. The highest BCUT2D eigenvalue weighted by molar-refractivity contribution is 5.40. The quantitative estimate of drug-likeness (QED) is 0.926. The molecule has 0 atom stereocenters. The topological polar surface area (TPSA) is 38.7 Å². The Morgan fingerprint density at radius 1 is 1.20 bits per heavy atom. The van der Waals surface area contributed by atoms with E-state index in [1.807, 2.05) is 19.1 Å². The first-order valence-corrected chi connectivity index (χ1v) is 6.89. The largest absolute Gasteiger partial charge is 0.508 e. The third kappa shape index (κ3) is 2.87. The maximum Gasteiger partial charge on any atom is 0.123 e. The van der Waals surface area contributed by atoms with Crippen LogP contribution in [-0.4, -0.2) is 18.3 Å². The molecular weight excluding hydrogens is 252 g/mol. The van der Waals surface area contributed by atoms with Gasteiger partial charge in [0.15, 0.2) is 0 Å². The molecule has 3 rings (SSSR count). The van der Waals surface area contributed by atoms with Crippen LogP contribution in [-0.2, 0) is 12.8 Å². The number of rotatable bonds is 4. The zero-order valence-electron chi connectivity index (χ0n) is 11.6. The summed E-state index contributed by atoms with van der Waals surface area (Å²) in [7, 11) is 0. The lowest BCUT2D eigenvalue weighted by Crippen LogP contribution is -2.01. The molecule has 0 radical (unpaired) electrons. The van der Waals surface area contributed by atoms with E-state index in [1.54, 1.807) is 12.1 Å². The van der Waals surface area contributed by atoms with Crippen LogP contribution in [0.2, 0.25) is 0 Å². The van der Waals surface area contributed by atoms with Gasteiger partial charge in [-0.1, -0.05) is 12.1 Å². The number of hydrogen-bond acceptors (Lipinski definition) is 3. The van der Waals surface area contributed by atoms with E-state index in [2.05, 4.69) is 12.1 Å². The van der Waals surface area contributed by atoms with Gasteiger partial charge in [-0.2, -0.15) is 0 Å². The SMILES string of the molecule is Cc1cc(O)cc(OCCc2ccc3c(c2)CCO3)c1. The molecular formula is C17H18O3. The van der Waals surface area contributed by atoms with Crippen molar-refractivity contribution >= 4 is 0 Å². The fraction of sp³-hybridized carbons (Fsp3) is 0.294. The minimum absolute atomic E-state index is 0.245. The Labute approximate surface area is 118 Å². The average Bonchev–Trinajstić information content (AvgIpc) is 2.85. The van der Waals surface area contributed by atoms with Crippen molar-refractivity contribution in [2.24, 2.45) is 0 Å². The van der Waals surface area contributed by atoms with Gasteiger partial charge in [-0.05, 0) is 41.8 Å². The molecule has 0 amide bonds. The van der Waals surface area contributed by atoms with Crippen LogP contribution in [0.4, 0.5) is 0 Å². The number of aryl methyl sites for hydroxylation is 1. The Morgan fingerprint density at radius 2 is 2.10 bits per heavy atom. The van der Waals surface area contributed by atoms with Crippen LogP contribution in [0, 0.1) is 6.92 Å². The Hall–Kier alpha value is -2.16. The van der Waals surface area contributed by atoms with E-state index in [4.69, 9.17) is 9.47 Å². The molecule has 0 bridgehead atoms. The third-order valence-electron chi connectivity index (χ3n) is 3.45. The summed E-state index contributed by atoms with van der Waals surface area (Å²) in [6.45, 7) is 3.33.